The molecular formula is C23H22N2O2. The number of amides is 1. The Labute approximate surface area is 158 Å². The second-order valence-electron chi connectivity index (χ2n) is 6.81. The van der Waals surface area contributed by atoms with E-state index in [2.05, 4.69) is 53.6 Å². The van der Waals surface area contributed by atoms with E-state index in [1.165, 1.54) is 5.56 Å². The van der Waals surface area contributed by atoms with Crippen LogP contribution in [0.15, 0.2) is 77.5 Å². The third-order valence-corrected chi connectivity index (χ3v) is 4.91. The molecule has 27 heavy (non-hydrogen) atoms. The number of furan rings is 1. The first kappa shape index (κ1) is 17.2. The number of aromatic amines is 1. The van der Waals surface area contributed by atoms with Crippen LogP contribution < -0.4 is 5.32 Å². The largest absolute Gasteiger partial charge is 0.467 e. The van der Waals surface area contributed by atoms with E-state index in [4.69, 9.17) is 4.42 Å². The van der Waals surface area contributed by atoms with Gasteiger partial charge in [0.25, 0.3) is 0 Å². The van der Waals surface area contributed by atoms with Crippen molar-refractivity contribution >= 4 is 16.8 Å². The van der Waals surface area contributed by atoms with Crippen molar-refractivity contribution in [3.8, 4) is 0 Å². The van der Waals surface area contributed by atoms with Crippen molar-refractivity contribution in [2.45, 2.75) is 25.8 Å². The van der Waals surface area contributed by atoms with Gasteiger partial charge in [-0.25, -0.2) is 0 Å². The van der Waals surface area contributed by atoms with Crippen LogP contribution in [-0.4, -0.2) is 10.9 Å². The summed E-state index contributed by atoms with van der Waals surface area (Å²) in [6.07, 6.45) is 4.02. The number of hydrogen-bond donors (Lipinski definition) is 2. The van der Waals surface area contributed by atoms with E-state index in [1.807, 2.05) is 30.5 Å². The monoisotopic (exact) mass is 358 g/mol. The maximum Gasteiger partial charge on any atom is 0.221 e. The van der Waals surface area contributed by atoms with Gasteiger partial charge in [-0.3, -0.25) is 4.79 Å². The number of para-hydroxylation sites is 1. The van der Waals surface area contributed by atoms with Crippen molar-refractivity contribution in [3.63, 3.8) is 0 Å². The summed E-state index contributed by atoms with van der Waals surface area (Å²) in [7, 11) is 0. The van der Waals surface area contributed by atoms with Gasteiger partial charge in [-0.05, 0) is 36.2 Å². The fraction of sp³-hybridized carbons (Fsp3) is 0.174. The smallest absolute Gasteiger partial charge is 0.221 e. The van der Waals surface area contributed by atoms with Gasteiger partial charge in [0.2, 0.25) is 5.91 Å². The molecule has 2 N–H and O–H groups in total. The Hall–Kier alpha value is -3.27. The third-order valence-electron chi connectivity index (χ3n) is 4.91. The highest BCUT2D eigenvalue weighted by Gasteiger charge is 2.21. The average Bonchev–Trinajstić information content (AvgIpc) is 3.35. The summed E-state index contributed by atoms with van der Waals surface area (Å²) in [4.78, 5) is 16.0. The Morgan fingerprint density at radius 3 is 2.67 bits per heavy atom. The predicted molar refractivity (Wildman–Crippen MR) is 106 cm³/mol. The summed E-state index contributed by atoms with van der Waals surface area (Å²) in [5.41, 5.74) is 4.57. The van der Waals surface area contributed by atoms with Crippen LogP contribution in [0.3, 0.4) is 0 Å². The van der Waals surface area contributed by atoms with Crippen molar-refractivity contribution in [1.29, 1.82) is 0 Å². The Kier molecular flexibility index (Phi) is 4.79. The lowest BCUT2D eigenvalue weighted by Crippen LogP contribution is -2.24. The van der Waals surface area contributed by atoms with Gasteiger partial charge in [-0.2, -0.15) is 0 Å². The number of carbonyl (C=O) groups is 1. The standard InChI is InChI=1S/C23H22N2O2/c1-16-8-10-17(11-9-16)20(13-23(26)25-14-18-5-4-12-27-18)21-15-24-22-7-3-2-6-19(21)22/h2-12,15,20,24H,13-14H2,1H3,(H,25,26). The summed E-state index contributed by atoms with van der Waals surface area (Å²) in [6.45, 7) is 2.47. The van der Waals surface area contributed by atoms with Crippen LogP contribution in [0.1, 0.15) is 34.8 Å². The van der Waals surface area contributed by atoms with Gasteiger partial charge in [0.15, 0.2) is 0 Å². The quantitative estimate of drug-likeness (QED) is 0.515. The van der Waals surface area contributed by atoms with Crippen LogP contribution in [0.4, 0.5) is 0 Å². The fourth-order valence-electron chi connectivity index (χ4n) is 3.44. The van der Waals surface area contributed by atoms with Crippen LogP contribution in [-0.2, 0) is 11.3 Å². The summed E-state index contributed by atoms with van der Waals surface area (Å²) in [5, 5.41) is 4.12. The van der Waals surface area contributed by atoms with Gasteiger partial charge in [0.1, 0.15) is 5.76 Å². The molecule has 1 unspecified atom stereocenters. The van der Waals surface area contributed by atoms with Crippen molar-refractivity contribution < 1.29 is 9.21 Å². The molecule has 2 aromatic heterocycles. The van der Waals surface area contributed by atoms with Crippen LogP contribution in [0.25, 0.3) is 10.9 Å². The van der Waals surface area contributed by atoms with Crippen LogP contribution in [0.2, 0.25) is 0 Å². The molecule has 0 fully saturated rings. The van der Waals surface area contributed by atoms with Gasteiger partial charge in [-0.15, -0.1) is 0 Å². The van der Waals surface area contributed by atoms with Crippen LogP contribution in [0, 0.1) is 6.92 Å². The minimum atomic E-state index is -0.0154. The Morgan fingerprint density at radius 1 is 1.07 bits per heavy atom. The number of benzene rings is 2. The molecule has 0 aliphatic heterocycles. The molecule has 0 spiro atoms. The number of carbonyl (C=O) groups excluding carboxylic acids is 1. The topological polar surface area (TPSA) is 58.0 Å². The lowest BCUT2D eigenvalue weighted by Gasteiger charge is -2.17. The number of aromatic nitrogens is 1. The number of rotatable bonds is 6. The van der Waals surface area contributed by atoms with E-state index in [0.29, 0.717) is 13.0 Å². The molecule has 4 nitrogen and oxygen atoms in total. The molecule has 2 aromatic carbocycles. The van der Waals surface area contributed by atoms with Crippen molar-refractivity contribution in [2.75, 3.05) is 0 Å². The number of hydrogen-bond acceptors (Lipinski definition) is 2. The summed E-state index contributed by atoms with van der Waals surface area (Å²) in [6, 6.07) is 20.3. The van der Waals surface area contributed by atoms with E-state index >= 15 is 0 Å². The number of H-pyrrole nitrogens is 1. The van der Waals surface area contributed by atoms with E-state index in [1.54, 1.807) is 6.26 Å². The lowest BCUT2D eigenvalue weighted by molar-refractivity contribution is -0.121. The van der Waals surface area contributed by atoms with Gasteiger partial charge in [-0.1, -0.05) is 48.0 Å². The van der Waals surface area contributed by atoms with Gasteiger partial charge < -0.3 is 14.7 Å². The zero-order valence-corrected chi connectivity index (χ0v) is 15.2. The molecule has 2 heterocycles. The summed E-state index contributed by atoms with van der Waals surface area (Å²) >= 11 is 0. The molecule has 1 amide bonds. The summed E-state index contributed by atoms with van der Waals surface area (Å²) < 4.78 is 5.30. The zero-order valence-electron chi connectivity index (χ0n) is 15.2. The third kappa shape index (κ3) is 3.80. The Balaban J connectivity index is 1.62. The van der Waals surface area contributed by atoms with E-state index < -0.39 is 0 Å². The zero-order chi connectivity index (χ0) is 18.6. The molecule has 0 aliphatic carbocycles. The van der Waals surface area contributed by atoms with E-state index in [0.717, 1.165) is 27.8 Å². The van der Waals surface area contributed by atoms with Gasteiger partial charge >= 0.3 is 0 Å². The Morgan fingerprint density at radius 2 is 1.89 bits per heavy atom. The number of aryl methyl sites for hydroxylation is 1. The molecule has 0 bridgehead atoms. The van der Waals surface area contributed by atoms with Gasteiger partial charge in [0, 0.05) is 29.4 Å². The second-order valence-corrected chi connectivity index (χ2v) is 6.81. The summed E-state index contributed by atoms with van der Waals surface area (Å²) in [5.74, 6) is 0.739. The lowest BCUT2D eigenvalue weighted by atomic mass is 9.87. The maximum absolute atomic E-state index is 12.7. The Bertz CT molecular complexity index is 1030. The molecule has 0 saturated heterocycles. The van der Waals surface area contributed by atoms with Crippen molar-refractivity contribution in [3.05, 3.63) is 95.6 Å². The van der Waals surface area contributed by atoms with Gasteiger partial charge in [0.05, 0.1) is 12.8 Å². The number of nitrogens with one attached hydrogen (secondary N) is 2. The second kappa shape index (κ2) is 7.54. The minimum Gasteiger partial charge on any atom is -0.467 e. The van der Waals surface area contributed by atoms with E-state index in [9.17, 15) is 4.79 Å². The molecule has 0 saturated carbocycles. The molecule has 4 aromatic rings. The van der Waals surface area contributed by atoms with Crippen molar-refractivity contribution in [1.82, 2.24) is 10.3 Å². The first-order chi connectivity index (χ1) is 13.2. The minimum absolute atomic E-state index is 0.00209. The molecular weight excluding hydrogens is 336 g/mol. The van der Waals surface area contributed by atoms with Crippen LogP contribution >= 0.6 is 0 Å². The highest BCUT2D eigenvalue weighted by Crippen LogP contribution is 2.33. The molecule has 4 rings (SSSR count). The van der Waals surface area contributed by atoms with E-state index in [-0.39, 0.29) is 11.8 Å². The predicted octanol–water partition coefficient (Wildman–Crippen LogP) is 4.91. The molecule has 1 atom stereocenters. The average molecular weight is 358 g/mol. The molecule has 0 radical (unpaired) electrons. The fourth-order valence-corrected chi connectivity index (χ4v) is 3.44. The highest BCUT2D eigenvalue weighted by molar-refractivity contribution is 5.86. The van der Waals surface area contributed by atoms with Crippen LogP contribution in [0.5, 0.6) is 0 Å². The molecule has 4 heteroatoms. The van der Waals surface area contributed by atoms with Crippen molar-refractivity contribution in [2.24, 2.45) is 0 Å². The number of fused-ring (bicyclic) bond motifs is 1. The normalized spacial score (nSPS) is 12.2. The first-order valence-corrected chi connectivity index (χ1v) is 9.12. The SMILES string of the molecule is Cc1ccc(C(CC(=O)NCc2ccco2)c2c[nH]c3ccccc23)cc1. The molecule has 136 valence electrons. The molecule has 0 aliphatic rings. The maximum atomic E-state index is 12.7. The highest BCUT2D eigenvalue weighted by atomic mass is 16.3. The first-order valence-electron chi connectivity index (χ1n) is 9.12.